The first-order valence-corrected chi connectivity index (χ1v) is 16.1. The number of fused-ring (bicyclic) bond motifs is 2. The zero-order chi connectivity index (χ0) is 31.2. The van der Waals surface area contributed by atoms with Gasteiger partial charge in [-0.05, 0) is 45.1 Å². The summed E-state index contributed by atoms with van der Waals surface area (Å²) in [5.74, 6) is -0.0428. The minimum atomic E-state index is -4.20. The van der Waals surface area contributed by atoms with Crippen molar-refractivity contribution >= 4 is 43.7 Å². The van der Waals surface area contributed by atoms with Crippen LogP contribution in [-0.4, -0.2) is 90.7 Å². The largest absolute Gasteiger partial charge is 0.491 e. The number of hydrogen-bond donors (Lipinski definition) is 0. The number of methoxy groups -OCH3 is 2. The van der Waals surface area contributed by atoms with Gasteiger partial charge in [0.25, 0.3) is 15.9 Å². The molecule has 0 bridgehead atoms. The minimum Gasteiger partial charge on any atom is -0.491 e. The van der Waals surface area contributed by atoms with E-state index in [4.69, 9.17) is 26.1 Å². The molecule has 0 spiro atoms. The van der Waals surface area contributed by atoms with Crippen LogP contribution in [0.5, 0.6) is 11.6 Å². The fourth-order valence-corrected chi connectivity index (χ4v) is 7.35. The van der Waals surface area contributed by atoms with E-state index in [0.717, 1.165) is 60.4 Å². The molecule has 1 fully saturated rings. The molecule has 4 aromatic heterocycles. The molecule has 44 heavy (non-hydrogen) atoms. The summed E-state index contributed by atoms with van der Waals surface area (Å²) in [6.07, 6.45) is 3.67. The number of piperazine rings is 1. The molecule has 0 amide bonds. The average Bonchev–Trinajstić information content (AvgIpc) is 3.58. The second-order valence-electron chi connectivity index (χ2n) is 11.1. The van der Waals surface area contributed by atoms with Crippen LogP contribution < -0.4 is 9.47 Å². The molecule has 1 saturated heterocycles. The Morgan fingerprint density at radius 1 is 1.02 bits per heavy atom. The second kappa shape index (κ2) is 12.0. The van der Waals surface area contributed by atoms with Gasteiger partial charge in [-0.15, -0.1) is 0 Å². The van der Waals surface area contributed by atoms with Crippen molar-refractivity contribution in [3.63, 3.8) is 0 Å². The molecule has 1 aliphatic heterocycles. The van der Waals surface area contributed by atoms with Gasteiger partial charge in [-0.25, -0.2) is 26.7 Å². The first-order valence-electron chi connectivity index (χ1n) is 14.3. The molecule has 1 aromatic carbocycles. The van der Waals surface area contributed by atoms with Gasteiger partial charge in [0, 0.05) is 55.9 Å². The molecule has 13 heteroatoms. The number of ether oxygens (including phenoxy) is 2. The summed E-state index contributed by atoms with van der Waals surface area (Å²) in [4.78, 5) is 13.8. The van der Waals surface area contributed by atoms with Gasteiger partial charge in [-0.2, -0.15) is 0 Å². The van der Waals surface area contributed by atoms with Gasteiger partial charge >= 0.3 is 0 Å². The fraction of sp³-hybridized carbons (Fsp3) is 0.355. The Hall–Kier alpha value is -3.71. The third kappa shape index (κ3) is 5.40. The van der Waals surface area contributed by atoms with Crippen LogP contribution >= 0.6 is 11.6 Å². The quantitative estimate of drug-likeness (QED) is 0.221. The van der Waals surface area contributed by atoms with Crippen molar-refractivity contribution in [3.05, 3.63) is 65.2 Å². The van der Waals surface area contributed by atoms with Crippen molar-refractivity contribution in [1.82, 2.24) is 28.3 Å². The monoisotopic (exact) mass is 640 g/mol. The van der Waals surface area contributed by atoms with Gasteiger partial charge in [0.05, 0.1) is 41.5 Å². The van der Waals surface area contributed by atoms with Crippen LogP contribution in [0.3, 0.4) is 0 Å². The van der Waals surface area contributed by atoms with Crippen LogP contribution in [0.15, 0.2) is 53.7 Å². The molecule has 232 valence electrons. The number of aryl methyl sites for hydroxylation is 2. The highest BCUT2D eigenvalue weighted by atomic mass is 35.5. The van der Waals surface area contributed by atoms with Gasteiger partial charge in [-0.3, -0.25) is 0 Å². The van der Waals surface area contributed by atoms with Gasteiger partial charge < -0.3 is 23.8 Å². The highest BCUT2D eigenvalue weighted by Gasteiger charge is 2.29. The lowest BCUT2D eigenvalue weighted by Gasteiger charge is -2.32. The maximum atomic E-state index is 14.6. The summed E-state index contributed by atoms with van der Waals surface area (Å²) in [5, 5.41) is -0.0361. The number of aromatic nitrogens is 4. The number of pyridine rings is 2. The number of benzene rings is 1. The molecule has 0 atom stereocenters. The summed E-state index contributed by atoms with van der Waals surface area (Å²) < 4.78 is 57.4. The maximum Gasteiger partial charge on any atom is 0.269 e. The molecule has 0 N–H and O–H groups in total. The summed E-state index contributed by atoms with van der Waals surface area (Å²) in [5.41, 5.74) is 2.93. The lowest BCUT2D eigenvalue weighted by Crippen LogP contribution is -2.44. The van der Waals surface area contributed by atoms with Crippen molar-refractivity contribution in [3.8, 4) is 22.9 Å². The minimum absolute atomic E-state index is 0.0171. The number of rotatable bonds is 9. The zero-order valence-corrected chi connectivity index (χ0v) is 26.6. The van der Waals surface area contributed by atoms with Crippen molar-refractivity contribution in [2.75, 3.05) is 54.0 Å². The summed E-state index contributed by atoms with van der Waals surface area (Å²) in [6.45, 7) is 7.55. The first kappa shape index (κ1) is 30.3. The number of nitrogens with zero attached hydrogens (tertiary/aromatic N) is 6. The van der Waals surface area contributed by atoms with Crippen LogP contribution in [0.2, 0.25) is 5.02 Å². The van der Waals surface area contributed by atoms with Crippen LogP contribution in [0.4, 0.5) is 4.39 Å². The number of likely N-dealkylation sites (N-methyl/N-ethyl adjacent to an activating group) is 1. The SMILES string of the molecule is COc1cc2c(nc1OC)c(-c1cc3c(Cl)c(F)cnc3n1S(=O)(=O)c1ccc(C)cc1)cn2CCCN1CCN(C)CC1. The smallest absolute Gasteiger partial charge is 0.269 e. The topological polar surface area (TPSA) is 94.7 Å². The van der Waals surface area contributed by atoms with Crippen molar-refractivity contribution in [1.29, 1.82) is 0 Å². The molecule has 10 nitrogen and oxygen atoms in total. The molecule has 5 heterocycles. The average molecular weight is 641 g/mol. The van der Waals surface area contributed by atoms with E-state index in [1.54, 1.807) is 37.4 Å². The predicted molar refractivity (Wildman–Crippen MR) is 169 cm³/mol. The van der Waals surface area contributed by atoms with Crippen LogP contribution in [0.25, 0.3) is 33.3 Å². The van der Waals surface area contributed by atoms with Gasteiger partial charge in [0.1, 0.15) is 5.52 Å². The van der Waals surface area contributed by atoms with Gasteiger partial charge in [-0.1, -0.05) is 29.3 Å². The standard InChI is InChI=1S/C31H34ClFN6O4S/c1-20-6-8-21(9-7-20)44(40,41)39-25(16-22-28(32)24(33)18-34-30(22)39)23-19-38(11-5-10-37-14-12-36(2)13-15-37)26-17-27(42-3)31(43-4)35-29(23)26/h6-9,16-19H,5,10-15H2,1-4H3. The maximum absolute atomic E-state index is 14.6. The molecule has 0 saturated carbocycles. The van der Waals surface area contributed by atoms with Crippen molar-refractivity contribution < 1.29 is 22.3 Å². The van der Waals surface area contributed by atoms with Crippen molar-refractivity contribution in [2.24, 2.45) is 0 Å². The van der Waals surface area contributed by atoms with Gasteiger partial charge in [0.2, 0.25) is 0 Å². The first-order chi connectivity index (χ1) is 21.1. The molecular weight excluding hydrogens is 607 g/mol. The van der Waals surface area contributed by atoms with E-state index in [0.29, 0.717) is 23.4 Å². The summed E-state index contributed by atoms with van der Waals surface area (Å²) >= 11 is 6.39. The van der Waals surface area contributed by atoms with E-state index < -0.39 is 15.8 Å². The van der Waals surface area contributed by atoms with Crippen LogP contribution in [-0.2, 0) is 16.6 Å². The number of halogens is 2. The normalized spacial score (nSPS) is 15.0. The molecule has 6 rings (SSSR count). The summed E-state index contributed by atoms with van der Waals surface area (Å²) in [7, 11) is 0.970. The highest BCUT2D eigenvalue weighted by molar-refractivity contribution is 7.90. The van der Waals surface area contributed by atoms with Crippen molar-refractivity contribution in [2.45, 2.75) is 24.8 Å². The number of hydrogen-bond acceptors (Lipinski definition) is 8. The molecular formula is C31H34ClFN6O4S. The Balaban J connectivity index is 1.53. The van der Waals surface area contributed by atoms with E-state index in [9.17, 15) is 12.8 Å². The molecule has 0 unspecified atom stereocenters. The van der Waals surface area contributed by atoms with E-state index >= 15 is 0 Å². The van der Waals surface area contributed by atoms with E-state index in [1.165, 1.54) is 7.11 Å². The lowest BCUT2D eigenvalue weighted by molar-refractivity contribution is 0.151. The third-order valence-corrected chi connectivity index (χ3v) is 10.3. The Morgan fingerprint density at radius 2 is 1.75 bits per heavy atom. The molecule has 0 radical (unpaired) electrons. The molecule has 5 aromatic rings. The van der Waals surface area contributed by atoms with E-state index in [-0.39, 0.29) is 32.5 Å². The summed E-state index contributed by atoms with van der Waals surface area (Å²) in [6, 6.07) is 9.93. The Bertz CT molecular complexity index is 1950. The van der Waals surface area contributed by atoms with Crippen LogP contribution in [0.1, 0.15) is 12.0 Å². The van der Waals surface area contributed by atoms with E-state index in [2.05, 4.69) is 21.8 Å². The second-order valence-corrected chi connectivity index (χ2v) is 13.2. The lowest BCUT2D eigenvalue weighted by atomic mass is 10.2. The fourth-order valence-electron chi connectivity index (χ4n) is 5.69. The molecule has 0 aliphatic carbocycles. The van der Waals surface area contributed by atoms with E-state index in [1.807, 2.05) is 23.8 Å². The Kier molecular flexibility index (Phi) is 8.27. The predicted octanol–water partition coefficient (Wildman–Crippen LogP) is 5.05. The highest BCUT2D eigenvalue weighted by Crippen LogP contribution is 2.40. The zero-order valence-electron chi connectivity index (χ0n) is 25.0. The molecule has 1 aliphatic rings. The van der Waals surface area contributed by atoms with Gasteiger partial charge in [0.15, 0.2) is 17.2 Å². The Labute approximate surface area is 260 Å². The third-order valence-electron chi connectivity index (χ3n) is 8.18. The Morgan fingerprint density at radius 3 is 2.43 bits per heavy atom. The van der Waals surface area contributed by atoms with Crippen LogP contribution in [0, 0.1) is 12.7 Å².